The topological polar surface area (TPSA) is 111 Å². The van der Waals surface area contributed by atoms with E-state index in [0.29, 0.717) is 5.82 Å². The molecule has 0 saturated carbocycles. The highest BCUT2D eigenvalue weighted by Gasteiger charge is 2.18. The van der Waals surface area contributed by atoms with Gasteiger partial charge in [-0.1, -0.05) is 11.6 Å². The van der Waals surface area contributed by atoms with Crippen LogP contribution in [-0.4, -0.2) is 25.2 Å². The van der Waals surface area contributed by atoms with Crippen LogP contribution in [0, 0.1) is 17.0 Å². The fourth-order valence-corrected chi connectivity index (χ4v) is 1.97. The molecule has 98 valence electrons. The average Bonchev–Trinajstić information content (AvgIpc) is 2.74. The lowest BCUT2D eigenvalue weighted by atomic mass is 10.2. The monoisotopic (exact) mass is 299 g/mol. The molecule has 2 heterocycles. The van der Waals surface area contributed by atoms with Crippen molar-refractivity contribution in [3.05, 3.63) is 38.9 Å². The summed E-state index contributed by atoms with van der Waals surface area (Å²) in [5.74, 6) is -0.110. The van der Waals surface area contributed by atoms with Gasteiger partial charge in [0.2, 0.25) is 5.13 Å². The average molecular weight is 300 g/mol. The van der Waals surface area contributed by atoms with E-state index in [0.717, 1.165) is 23.8 Å². The molecular weight excluding hydrogens is 294 g/mol. The summed E-state index contributed by atoms with van der Waals surface area (Å²) in [7, 11) is 0. The molecule has 0 radical (unpaired) electrons. The van der Waals surface area contributed by atoms with E-state index in [1.165, 1.54) is 0 Å². The smallest absolute Gasteiger partial charge is 0.288 e. The number of aryl methyl sites for hydroxylation is 1. The third-order valence-electron chi connectivity index (χ3n) is 2.03. The number of rotatable bonds is 3. The molecule has 1 amide bonds. The quantitative estimate of drug-likeness (QED) is 0.527. The Morgan fingerprint density at radius 1 is 1.58 bits per heavy atom. The number of nitrogens with one attached hydrogen (secondary N) is 1. The molecule has 2 rings (SSSR count). The minimum Gasteiger partial charge on any atom is -0.296 e. The second kappa shape index (κ2) is 5.24. The van der Waals surface area contributed by atoms with Gasteiger partial charge in [-0.15, -0.1) is 0 Å². The van der Waals surface area contributed by atoms with Gasteiger partial charge in [0.15, 0.2) is 0 Å². The number of hydrogen-bond acceptors (Lipinski definition) is 7. The lowest BCUT2D eigenvalue weighted by molar-refractivity contribution is -0.385. The molecule has 0 aliphatic carbocycles. The summed E-state index contributed by atoms with van der Waals surface area (Å²) in [6, 6.07) is 1.05. The normalized spacial score (nSPS) is 10.2. The SMILES string of the molecule is Cc1nsc(NC(=O)c2cc([N+](=O)[O-])cnc2Cl)n1. The summed E-state index contributed by atoms with van der Waals surface area (Å²) in [6.45, 7) is 1.67. The van der Waals surface area contributed by atoms with Crippen molar-refractivity contribution in [2.24, 2.45) is 0 Å². The summed E-state index contributed by atoms with van der Waals surface area (Å²) in [5, 5.41) is 13.2. The number of carbonyl (C=O) groups excluding carboxylic acids is 1. The minimum absolute atomic E-state index is 0.0938. The maximum absolute atomic E-state index is 11.9. The Kier molecular flexibility index (Phi) is 3.67. The molecule has 1 N–H and O–H groups in total. The van der Waals surface area contributed by atoms with Gasteiger partial charge in [0.05, 0.1) is 10.5 Å². The summed E-state index contributed by atoms with van der Waals surface area (Å²) < 4.78 is 3.89. The molecule has 0 bridgehead atoms. The third kappa shape index (κ3) is 3.01. The molecule has 0 saturated heterocycles. The summed E-state index contributed by atoms with van der Waals surface area (Å²) >= 11 is 6.74. The fourth-order valence-electron chi connectivity index (χ4n) is 1.21. The zero-order valence-corrected chi connectivity index (χ0v) is 11.0. The predicted octanol–water partition coefficient (Wildman–Crippen LogP) is 2.06. The van der Waals surface area contributed by atoms with Crippen molar-refractivity contribution in [2.45, 2.75) is 6.92 Å². The first kappa shape index (κ1) is 13.3. The number of anilines is 1. The van der Waals surface area contributed by atoms with Crippen molar-refractivity contribution in [1.82, 2.24) is 14.3 Å². The van der Waals surface area contributed by atoms with Crippen LogP contribution in [-0.2, 0) is 0 Å². The van der Waals surface area contributed by atoms with Crippen LogP contribution < -0.4 is 5.32 Å². The number of nitro groups is 1. The van der Waals surface area contributed by atoms with Gasteiger partial charge in [-0.3, -0.25) is 20.2 Å². The number of carbonyl (C=O) groups is 1. The highest BCUT2D eigenvalue weighted by Crippen LogP contribution is 2.21. The minimum atomic E-state index is -0.658. The third-order valence-corrected chi connectivity index (χ3v) is 3.05. The number of pyridine rings is 1. The summed E-state index contributed by atoms with van der Waals surface area (Å²) in [5.41, 5.74) is -0.410. The molecule has 10 heteroatoms. The Bertz CT molecular complexity index is 659. The number of halogens is 1. The van der Waals surface area contributed by atoms with Crippen LogP contribution in [0.1, 0.15) is 16.2 Å². The summed E-state index contributed by atoms with van der Waals surface area (Å²) in [4.78, 5) is 29.4. The van der Waals surface area contributed by atoms with E-state index in [2.05, 4.69) is 19.7 Å². The van der Waals surface area contributed by atoms with E-state index in [9.17, 15) is 14.9 Å². The van der Waals surface area contributed by atoms with Gasteiger partial charge >= 0.3 is 0 Å². The van der Waals surface area contributed by atoms with Crippen LogP contribution in [0.3, 0.4) is 0 Å². The molecule has 0 atom stereocenters. The van der Waals surface area contributed by atoms with Gasteiger partial charge in [-0.2, -0.15) is 4.37 Å². The van der Waals surface area contributed by atoms with Gasteiger partial charge in [0.1, 0.15) is 17.2 Å². The van der Waals surface area contributed by atoms with Crippen LogP contribution in [0.5, 0.6) is 0 Å². The van der Waals surface area contributed by atoms with Gasteiger partial charge in [-0.05, 0) is 6.92 Å². The Labute approximate surface area is 115 Å². The molecule has 0 spiro atoms. The number of amides is 1. The van der Waals surface area contributed by atoms with Gasteiger partial charge in [0, 0.05) is 17.6 Å². The first-order valence-electron chi connectivity index (χ1n) is 4.89. The number of nitrogens with zero attached hydrogens (tertiary/aromatic N) is 4. The van der Waals surface area contributed by atoms with E-state index in [1.54, 1.807) is 6.92 Å². The van der Waals surface area contributed by atoms with Crippen molar-refractivity contribution in [1.29, 1.82) is 0 Å². The largest absolute Gasteiger partial charge is 0.296 e. The Hall–Kier alpha value is -2.13. The van der Waals surface area contributed by atoms with Crippen molar-refractivity contribution in [3.63, 3.8) is 0 Å². The first-order chi connectivity index (χ1) is 8.97. The van der Waals surface area contributed by atoms with Crippen molar-refractivity contribution in [3.8, 4) is 0 Å². The molecule has 0 fully saturated rings. The molecule has 8 nitrogen and oxygen atoms in total. The second-order valence-electron chi connectivity index (χ2n) is 3.39. The maximum Gasteiger partial charge on any atom is 0.288 e. The lowest BCUT2D eigenvalue weighted by Gasteiger charge is -2.02. The lowest BCUT2D eigenvalue weighted by Crippen LogP contribution is -2.13. The van der Waals surface area contributed by atoms with Crippen LogP contribution in [0.4, 0.5) is 10.8 Å². The molecule has 0 aliphatic rings. The fraction of sp³-hybridized carbons (Fsp3) is 0.111. The van der Waals surface area contributed by atoms with Crippen molar-refractivity contribution in [2.75, 3.05) is 5.32 Å². The van der Waals surface area contributed by atoms with Gasteiger partial charge in [0.25, 0.3) is 11.6 Å². The Morgan fingerprint density at radius 3 is 2.89 bits per heavy atom. The van der Waals surface area contributed by atoms with E-state index in [-0.39, 0.29) is 21.5 Å². The van der Waals surface area contributed by atoms with Gasteiger partial charge in [-0.25, -0.2) is 9.97 Å². The number of aromatic nitrogens is 3. The Morgan fingerprint density at radius 2 is 2.32 bits per heavy atom. The van der Waals surface area contributed by atoms with E-state index in [1.807, 2.05) is 0 Å². The van der Waals surface area contributed by atoms with Crippen molar-refractivity contribution >= 4 is 39.9 Å². The maximum atomic E-state index is 11.9. The molecule has 0 aliphatic heterocycles. The molecule has 0 aromatic carbocycles. The summed E-state index contributed by atoms with van der Waals surface area (Å²) in [6.07, 6.45) is 0.980. The highest BCUT2D eigenvalue weighted by atomic mass is 35.5. The molecular formula is C9H6ClN5O3S. The van der Waals surface area contributed by atoms with Crippen LogP contribution in [0.25, 0.3) is 0 Å². The molecule has 0 unspecified atom stereocenters. The second-order valence-corrected chi connectivity index (χ2v) is 4.50. The zero-order valence-electron chi connectivity index (χ0n) is 9.45. The standard InChI is InChI=1S/C9H6ClN5O3S/c1-4-12-9(19-14-4)13-8(16)6-2-5(15(17)18)3-11-7(6)10/h2-3H,1H3,(H,12,13,14,16). The Balaban J connectivity index is 2.27. The van der Waals surface area contributed by atoms with Crippen LogP contribution in [0.2, 0.25) is 5.15 Å². The van der Waals surface area contributed by atoms with E-state index in [4.69, 9.17) is 11.6 Å². The zero-order chi connectivity index (χ0) is 14.0. The van der Waals surface area contributed by atoms with Crippen LogP contribution >= 0.6 is 23.1 Å². The van der Waals surface area contributed by atoms with E-state index >= 15 is 0 Å². The van der Waals surface area contributed by atoms with Crippen LogP contribution in [0.15, 0.2) is 12.3 Å². The molecule has 2 aromatic rings. The molecule has 2 aromatic heterocycles. The number of hydrogen-bond donors (Lipinski definition) is 1. The predicted molar refractivity (Wildman–Crippen MR) is 68.5 cm³/mol. The highest BCUT2D eigenvalue weighted by molar-refractivity contribution is 7.09. The van der Waals surface area contributed by atoms with Gasteiger partial charge < -0.3 is 0 Å². The van der Waals surface area contributed by atoms with Crippen molar-refractivity contribution < 1.29 is 9.72 Å². The first-order valence-corrected chi connectivity index (χ1v) is 6.04. The molecule has 19 heavy (non-hydrogen) atoms. The van der Waals surface area contributed by atoms with E-state index < -0.39 is 10.8 Å².